The Morgan fingerprint density at radius 1 is 1.71 bits per heavy atom. The molecule has 2 atom stereocenters. The molecule has 0 saturated carbocycles. The Morgan fingerprint density at radius 2 is 2.41 bits per heavy atom. The molecule has 0 aromatic heterocycles. The highest BCUT2D eigenvalue weighted by atomic mass is 31.2. The van der Waals surface area contributed by atoms with Crippen molar-refractivity contribution in [3.05, 3.63) is 0 Å². The van der Waals surface area contributed by atoms with Crippen molar-refractivity contribution in [2.45, 2.75) is 25.3 Å². The van der Waals surface area contributed by atoms with Crippen LogP contribution in [-0.4, -0.2) is 41.8 Å². The van der Waals surface area contributed by atoms with Crippen molar-refractivity contribution in [2.24, 2.45) is 0 Å². The van der Waals surface area contributed by atoms with Crippen molar-refractivity contribution in [3.63, 3.8) is 0 Å². The fourth-order valence-electron chi connectivity index (χ4n) is 1.71. The molecule has 1 rings (SSSR count). The SMILES string of the molecule is COC(=O)[C@@H]1CCCN1P(=O)(O)OCCC#N. The molecule has 0 aliphatic carbocycles. The number of nitrogens with zero attached hydrogens (tertiary/aromatic N) is 2. The summed E-state index contributed by atoms with van der Waals surface area (Å²) in [7, 11) is -2.78. The lowest BCUT2D eigenvalue weighted by Crippen LogP contribution is -2.35. The van der Waals surface area contributed by atoms with Gasteiger partial charge in [0.15, 0.2) is 0 Å². The Bertz CT molecular complexity index is 367. The number of hydrogen-bond acceptors (Lipinski definition) is 5. The van der Waals surface area contributed by atoms with Gasteiger partial charge in [0.25, 0.3) is 0 Å². The molecule has 0 amide bonds. The average molecular weight is 262 g/mol. The molecule has 96 valence electrons. The van der Waals surface area contributed by atoms with Gasteiger partial charge in [0.2, 0.25) is 0 Å². The second-order valence-electron chi connectivity index (χ2n) is 3.58. The molecule has 1 aliphatic heterocycles. The lowest BCUT2D eigenvalue weighted by molar-refractivity contribution is -0.144. The minimum atomic E-state index is -4.01. The first-order valence-electron chi connectivity index (χ1n) is 5.22. The number of carbonyl (C=O) groups excluding carboxylic acids is 1. The zero-order chi connectivity index (χ0) is 12.9. The van der Waals surface area contributed by atoms with E-state index in [4.69, 9.17) is 9.79 Å². The van der Waals surface area contributed by atoms with Crippen LogP contribution < -0.4 is 0 Å². The summed E-state index contributed by atoms with van der Waals surface area (Å²) in [5, 5.41) is 8.32. The first-order chi connectivity index (χ1) is 8.03. The van der Waals surface area contributed by atoms with Gasteiger partial charge >= 0.3 is 13.7 Å². The fourth-order valence-corrected chi connectivity index (χ4v) is 3.15. The molecule has 1 heterocycles. The third-order valence-electron chi connectivity index (χ3n) is 2.50. The first-order valence-corrected chi connectivity index (χ1v) is 6.75. The van der Waals surface area contributed by atoms with Crippen molar-refractivity contribution < 1.29 is 23.5 Å². The molecule has 8 heteroatoms. The van der Waals surface area contributed by atoms with Gasteiger partial charge in [0.05, 0.1) is 26.2 Å². The third-order valence-corrected chi connectivity index (χ3v) is 4.14. The molecular weight excluding hydrogens is 247 g/mol. The molecule has 1 fully saturated rings. The topological polar surface area (TPSA) is 99.9 Å². The van der Waals surface area contributed by atoms with Gasteiger partial charge in [0, 0.05) is 6.54 Å². The quantitative estimate of drug-likeness (QED) is 0.441. The summed E-state index contributed by atoms with van der Waals surface area (Å²) in [6, 6.07) is 1.07. The Kier molecular flexibility index (Phi) is 5.09. The highest BCUT2D eigenvalue weighted by Gasteiger charge is 2.43. The Morgan fingerprint density at radius 3 is 3.00 bits per heavy atom. The summed E-state index contributed by atoms with van der Waals surface area (Å²) in [5.41, 5.74) is 0. The van der Waals surface area contributed by atoms with E-state index < -0.39 is 19.8 Å². The highest BCUT2D eigenvalue weighted by Crippen LogP contribution is 2.50. The van der Waals surface area contributed by atoms with E-state index in [9.17, 15) is 14.3 Å². The number of ether oxygens (including phenoxy) is 1. The van der Waals surface area contributed by atoms with Crippen LogP contribution in [0, 0.1) is 11.3 Å². The van der Waals surface area contributed by atoms with Crippen molar-refractivity contribution >= 4 is 13.7 Å². The van der Waals surface area contributed by atoms with Crippen LogP contribution in [0.5, 0.6) is 0 Å². The molecule has 0 aromatic rings. The van der Waals surface area contributed by atoms with Crippen molar-refractivity contribution in [2.75, 3.05) is 20.3 Å². The van der Waals surface area contributed by atoms with Crippen molar-refractivity contribution in [1.29, 1.82) is 5.26 Å². The summed E-state index contributed by atoms with van der Waals surface area (Å²) in [6.07, 6.45) is 1.13. The van der Waals surface area contributed by atoms with Gasteiger partial charge in [-0.05, 0) is 12.8 Å². The number of carbonyl (C=O) groups is 1. The normalized spacial score (nSPS) is 23.9. The van der Waals surface area contributed by atoms with E-state index in [0.29, 0.717) is 19.4 Å². The van der Waals surface area contributed by atoms with Crippen molar-refractivity contribution in [3.8, 4) is 6.07 Å². The lowest BCUT2D eigenvalue weighted by atomic mass is 10.2. The van der Waals surface area contributed by atoms with E-state index >= 15 is 0 Å². The number of esters is 1. The van der Waals surface area contributed by atoms with Crippen LogP contribution in [0.2, 0.25) is 0 Å². The highest BCUT2D eigenvalue weighted by molar-refractivity contribution is 7.50. The lowest BCUT2D eigenvalue weighted by Gasteiger charge is -2.26. The number of nitriles is 1. The van der Waals surface area contributed by atoms with Crippen LogP contribution in [0.25, 0.3) is 0 Å². The van der Waals surface area contributed by atoms with E-state index in [2.05, 4.69) is 4.74 Å². The molecule has 0 aromatic carbocycles. The van der Waals surface area contributed by atoms with Gasteiger partial charge in [0.1, 0.15) is 6.04 Å². The first kappa shape index (κ1) is 14.1. The molecule has 0 spiro atoms. The molecule has 1 unspecified atom stereocenters. The fraction of sp³-hybridized carbons (Fsp3) is 0.778. The second kappa shape index (κ2) is 6.12. The maximum absolute atomic E-state index is 11.9. The van der Waals surface area contributed by atoms with Crippen LogP contribution >= 0.6 is 7.75 Å². The zero-order valence-corrected chi connectivity index (χ0v) is 10.4. The predicted octanol–water partition coefficient (Wildman–Crippen LogP) is 0.654. The molecule has 1 saturated heterocycles. The monoisotopic (exact) mass is 262 g/mol. The predicted molar refractivity (Wildman–Crippen MR) is 57.8 cm³/mol. The standard InChI is InChI=1S/C9H15N2O5P/c1-15-9(12)8-4-2-6-11(8)17(13,14)16-7-3-5-10/h8H,2-4,6-7H2,1H3,(H,13,14)/t8-/m0/s1. The minimum absolute atomic E-state index is 0.0290. The third kappa shape index (κ3) is 3.51. The van der Waals surface area contributed by atoms with Crippen LogP contribution in [0.1, 0.15) is 19.3 Å². The van der Waals surface area contributed by atoms with Gasteiger partial charge in [-0.3, -0.25) is 9.32 Å². The van der Waals surface area contributed by atoms with Crippen LogP contribution in [0.15, 0.2) is 0 Å². The summed E-state index contributed by atoms with van der Waals surface area (Å²) < 4.78 is 22.3. The van der Waals surface area contributed by atoms with Gasteiger partial charge < -0.3 is 9.63 Å². The smallest absolute Gasteiger partial charge is 0.406 e. The summed E-state index contributed by atoms with van der Waals surface area (Å²) >= 11 is 0. The average Bonchev–Trinajstić information content (AvgIpc) is 2.78. The summed E-state index contributed by atoms with van der Waals surface area (Å²) in [6.45, 7) is 0.175. The summed E-state index contributed by atoms with van der Waals surface area (Å²) in [4.78, 5) is 21.1. The molecule has 0 radical (unpaired) electrons. The number of rotatable bonds is 5. The molecular formula is C9H15N2O5P. The van der Waals surface area contributed by atoms with Crippen LogP contribution in [0.4, 0.5) is 0 Å². The van der Waals surface area contributed by atoms with Gasteiger partial charge in [-0.2, -0.15) is 9.93 Å². The Balaban J connectivity index is 2.66. The number of hydrogen-bond donors (Lipinski definition) is 1. The maximum atomic E-state index is 11.9. The largest absolute Gasteiger partial charge is 0.468 e. The molecule has 17 heavy (non-hydrogen) atoms. The van der Waals surface area contributed by atoms with E-state index in [0.717, 1.165) is 4.67 Å². The van der Waals surface area contributed by atoms with E-state index in [1.54, 1.807) is 0 Å². The Hall–Kier alpha value is -0.930. The van der Waals surface area contributed by atoms with E-state index in [1.165, 1.54) is 7.11 Å². The van der Waals surface area contributed by atoms with Gasteiger partial charge in [-0.25, -0.2) is 4.57 Å². The zero-order valence-electron chi connectivity index (χ0n) is 9.53. The molecule has 0 bridgehead atoms. The Labute approximate surface area is 99.5 Å². The van der Waals surface area contributed by atoms with Crippen LogP contribution in [-0.2, 0) is 18.6 Å². The van der Waals surface area contributed by atoms with Crippen molar-refractivity contribution in [1.82, 2.24) is 4.67 Å². The minimum Gasteiger partial charge on any atom is -0.468 e. The number of methoxy groups -OCH3 is 1. The maximum Gasteiger partial charge on any atom is 0.406 e. The molecule has 7 nitrogen and oxygen atoms in total. The van der Waals surface area contributed by atoms with Gasteiger partial charge in [-0.1, -0.05) is 0 Å². The van der Waals surface area contributed by atoms with E-state index in [-0.39, 0.29) is 13.0 Å². The van der Waals surface area contributed by atoms with Gasteiger partial charge in [-0.15, -0.1) is 0 Å². The van der Waals surface area contributed by atoms with Crippen LogP contribution in [0.3, 0.4) is 0 Å². The summed E-state index contributed by atoms with van der Waals surface area (Å²) in [5.74, 6) is -0.541. The molecule has 1 aliphatic rings. The second-order valence-corrected chi connectivity index (χ2v) is 5.33. The molecule has 1 N–H and O–H groups in total. The van der Waals surface area contributed by atoms with E-state index in [1.807, 2.05) is 6.07 Å².